The van der Waals surface area contributed by atoms with E-state index < -0.39 is 260 Å². The zero-order valence-electron chi connectivity index (χ0n) is 71.6. The lowest BCUT2D eigenvalue weighted by Gasteiger charge is -2.35. The number of phenols is 2. The summed E-state index contributed by atoms with van der Waals surface area (Å²) in [6.07, 6.45) is -2.09. The standard InChI is InChI=1S/C81H115N21O26/c1-39(2)28-50(95-74(120)52(31-44-15-19-47(104)20-16-44)94-69(115)48(82)21-23-61(83)105)73(119)98-56(34-63(85)107)78(124)101-26-8-11-59(101)80(126)102-27-9-12-60(102)79(125)100-25-7-10-58(100)77(123)97-51(30-43-13-17-46(103)18-14-43)72(118)90-42(6)68(114)93-55(35-66(111)112)76(122)96-53(32-45-36-86-38-88-45)70(116)87-37-64(108)89-41(5)67(113)92-54(33-62(84)106)75(121)91-49(22-24-65(109)110)71(117)99-57(81(127)128)29-40(3)4/h13-20,36,38-42,48-60,103-104H,7-12,21-35,37,82H2,1-6H3,(H2,83,105)(H2,84,106)(H2,85,107)(H,86,88)(H,87,116)(H,89,108)(H,90,118)(H,91,121)(H,92,113)(H,93,114)(H,94,115)(H,95,120)(H,96,122)(H,97,123)(H,98,119)(H,99,117)(H,109,110)(H,111,112)(H,127,128)/t41-,42-,48-,49-,50-,51-,52-,53-,54-,55-,56-,57-,58-,59-,60-/m0/s1. The number of amides is 18. The maximum absolute atomic E-state index is 14.9. The van der Waals surface area contributed by atoms with Crippen molar-refractivity contribution in [2.45, 2.75) is 248 Å². The maximum Gasteiger partial charge on any atom is 0.326 e. The predicted molar refractivity (Wildman–Crippen MR) is 445 cm³/mol. The normalized spacial score (nSPS) is 17.5. The second kappa shape index (κ2) is 49.1. The molecular formula is C81H115N21O26. The lowest BCUT2D eigenvalue weighted by atomic mass is 10.00. The fraction of sp³-hybridized carbons (Fsp3) is 0.556. The van der Waals surface area contributed by atoms with Crippen molar-refractivity contribution in [3.05, 3.63) is 77.9 Å². The number of aromatic nitrogens is 2. The van der Waals surface area contributed by atoms with Crippen LogP contribution in [0.5, 0.6) is 11.5 Å². The number of carbonyl (C=O) groups is 21. The summed E-state index contributed by atoms with van der Waals surface area (Å²) in [5.41, 5.74) is 23.3. The number of aromatic hydroxyl groups is 2. The first-order valence-electron chi connectivity index (χ1n) is 41.6. The van der Waals surface area contributed by atoms with Gasteiger partial charge in [-0.15, -0.1) is 0 Å². The minimum atomic E-state index is -2.01. The topological polar surface area (TPSA) is 746 Å². The molecular weight excluding hydrogens is 1680 g/mol. The van der Waals surface area contributed by atoms with E-state index in [0.29, 0.717) is 11.1 Å². The number of hydrogen-bond acceptors (Lipinski definition) is 25. The Kier molecular flexibility index (Phi) is 39.5. The van der Waals surface area contributed by atoms with Crippen molar-refractivity contribution in [1.29, 1.82) is 0 Å². The number of nitrogens with one attached hydrogen (secondary N) is 13. The van der Waals surface area contributed by atoms with E-state index in [9.17, 15) is 126 Å². The van der Waals surface area contributed by atoms with Crippen LogP contribution in [0, 0.1) is 11.8 Å². The summed E-state index contributed by atoms with van der Waals surface area (Å²) < 4.78 is 0. The third-order valence-corrected chi connectivity index (χ3v) is 21.1. The third-order valence-electron chi connectivity index (χ3n) is 21.1. The number of carbonyl (C=O) groups excluding carboxylic acids is 18. The van der Waals surface area contributed by atoms with Gasteiger partial charge in [-0.25, -0.2) is 9.78 Å². The number of benzene rings is 2. The second-order valence-corrected chi connectivity index (χ2v) is 32.5. The van der Waals surface area contributed by atoms with E-state index in [1.807, 2.05) is 0 Å². The fourth-order valence-electron chi connectivity index (χ4n) is 14.5. The Hall–Kier alpha value is -13.9. The summed E-state index contributed by atoms with van der Waals surface area (Å²) >= 11 is 0. The number of aromatic amines is 1. The number of phenolic OH excluding ortho intramolecular Hbond substituents is 2. The van der Waals surface area contributed by atoms with Crippen molar-refractivity contribution >= 4 is 124 Å². The molecule has 3 aliphatic heterocycles. The van der Waals surface area contributed by atoms with Gasteiger partial charge >= 0.3 is 17.9 Å². The molecule has 6 rings (SSSR count). The van der Waals surface area contributed by atoms with Crippen LogP contribution in [0.15, 0.2) is 61.1 Å². The van der Waals surface area contributed by atoms with Crippen LogP contribution in [-0.2, 0) is 120 Å². The zero-order valence-corrected chi connectivity index (χ0v) is 71.6. The lowest BCUT2D eigenvalue weighted by molar-refractivity contribution is -0.151. The van der Waals surface area contributed by atoms with Crippen molar-refractivity contribution in [1.82, 2.24) is 88.5 Å². The number of aliphatic carboxylic acids is 3. The number of carboxylic acids is 3. The molecule has 3 saturated heterocycles. The van der Waals surface area contributed by atoms with Crippen molar-refractivity contribution in [3.63, 3.8) is 0 Å². The number of primary amides is 3. The SMILES string of the molecule is CC(C)C[C@H](NC(=O)[C@H](CCC(=O)O)NC(=O)[C@H](CC(N)=O)NC(=O)[C@H](C)NC(=O)CNC(=O)[C@H](Cc1cnc[nH]1)NC(=O)[C@H](CC(=O)O)NC(=O)[C@H](C)NC(=O)[C@H](Cc1ccc(O)cc1)NC(=O)[C@@H]1CCCN1C(=O)[C@@H]1CCCN1C(=O)[C@@H]1CCCN1C(=O)[C@H](CC(N)=O)NC(=O)[C@H](CC(C)C)NC(=O)[C@H](Cc1ccc(O)cc1)NC(=O)[C@@H](N)CCC(N)=O)C(=O)O. The van der Waals surface area contributed by atoms with Crippen molar-refractivity contribution in [2.24, 2.45) is 34.8 Å². The van der Waals surface area contributed by atoms with Gasteiger partial charge in [-0.3, -0.25) is 95.9 Å². The first-order chi connectivity index (χ1) is 60.3. The fourth-order valence-corrected chi connectivity index (χ4v) is 14.5. The van der Waals surface area contributed by atoms with Crippen LogP contribution in [0.25, 0.3) is 0 Å². The number of nitrogens with two attached hydrogens (primary N) is 4. The van der Waals surface area contributed by atoms with Gasteiger partial charge in [-0.2, -0.15) is 0 Å². The molecule has 1 aromatic heterocycles. The number of likely N-dealkylation sites (tertiary alicyclic amines) is 3. The molecule has 3 aliphatic rings. The van der Waals surface area contributed by atoms with Crippen LogP contribution in [0.3, 0.4) is 0 Å². The minimum Gasteiger partial charge on any atom is -0.508 e. The Morgan fingerprint density at radius 3 is 1.34 bits per heavy atom. The van der Waals surface area contributed by atoms with Gasteiger partial charge < -0.3 is 132 Å². The van der Waals surface area contributed by atoms with Crippen LogP contribution >= 0.6 is 0 Å². The molecule has 26 N–H and O–H groups in total. The van der Waals surface area contributed by atoms with E-state index in [2.05, 4.69) is 73.8 Å². The molecule has 47 nitrogen and oxygen atoms in total. The molecule has 18 amide bonds. The van der Waals surface area contributed by atoms with E-state index >= 15 is 0 Å². The Morgan fingerprint density at radius 2 is 0.836 bits per heavy atom. The smallest absolute Gasteiger partial charge is 0.326 e. The molecule has 47 heteroatoms. The van der Waals surface area contributed by atoms with Crippen LogP contribution in [0.2, 0.25) is 0 Å². The highest BCUT2D eigenvalue weighted by molar-refractivity contribution is 6.02. The van der Waals surface area contributed by atoms with Crippen molar-refractivity contribution in [3.8, 4) is 11.5 Å². The third kappa shape index (κ3) is 32.6. The van der Waals surface area contributed by atoms with E-state index in [0.717, 1.165) is 18.7 Å². The van der Waals surface area contributed by atoms with Gasteiger partial charge in [0.2, 0.25) is 106 Å². The van der Waals surface area contributed by atoms with Crippen LogP contribution in [-0.4, -0.2) is 291 Å². The summed E-state index contributed by atoms with van der Waals surface area (Å²) in [6.45, 7) is 8.06. The van der Waals surface area contributed by atoms with E-state index in [1.165, 1.54) is 70.9 Å². The highest BCUT2D eigenvalue weighted by atomic mass is 16.4. The Balaban J connectivity index is 1.11. The van der Waals surface area contributed by atoms with Gasteiger partial charge in [0.1, 0.15) is 96.1 Å². The van der Waals surface area contributed by atoms with Crippen molar-refractivity contribution in [2.75, 3.05) is 26.2 Å². The number of imidazole rings is 1. The van der Waals surface area contributed by atoms with Crippen molar-refractivity contribution < 1.29 is 126 Å². The quantitative estimate of drug-likeness (QED) is 0.0250. The summed E-state index contributed by atoms with van der Waals surface area (Å²) in [4.78, 5) is 294. The number of nitrogens with zero attached hydrogens (tertiary/aromatic N) is 4. The molecule has 0 radical (unpaired) electrons. The summed E-state index contributed by atoms with van der Waals surface area (Å²) in [5.74, 6) is -23.2. The number of H-pyrrole nitrogens is 1. The van der Waals surface area contributed by atoms with Crippen LogP contribution in [0.1, 0.15) is 155 Å². The van der Waals surface area contributed by atoms with Gasteiger partial charge in [0.05, 0.1) is 38.2 Å². The Bertz CT molecular complexity index is 4530. The Labute approximate surface area is 734 Å². The van der Waals surface area contributed by atoms with Gasteiger partial charge in [-0.05, 0) is 125 Å². The number of carboxylic acid groups (broad SMARTS) is 3. The summed E-state index contributed by atoms with van der Waals surface area (Å²) in [5, 5.41) is 77.6. The highest BCUT2D eigenvalue weighted by Crippen LogP contribution is 2.30. The average Bonchev–Trinajstić information content (AvgIpc) is 1.63. The van der Waals surface area contributed by atoms with Crippen LogP contribution < -0.4 is 86.7 Å². The molecule has 0 spiro atoms. The monoisotopic (exact) mass is 1800 g/mol. The molecule has 0 unspecified atom stereocenters. The first-order valence-corrected chi connectivity index (χ1v) is 41.6. The largest absolute Gasteiger partial charge is 0.508 e. The summed E-state index contributed by atoms with van der Waals surface area (Å²) in [6, 6.07) is -12.0. The average molecular weight is 1800 g/mol. The number of hydrogen-bond donors (Lipinski definition) is 22. The molecule has 2 aromatic carbocycles. The maximum atomic E-state index is 14.9. The predicted octanol–water partition coefficient (Wildman–Crippen LogP) is -6.83. The Morgan fingerprint density at radius 1 is 0.422 bits per heavy atom. The van der Waals surface area contributed by atoms with E-state index in [4.69, 9.17) is 22.9 Å². The zero-order chi connectivity index (χ0) is 95.1. The molecule has 700 valence electrons. The van der Waals surface area contributed by atoms with Gasteiger partial charge in [-0.1, -0.05) is 52.0 Å². The molecule has 0 aliphatic carbocycles. The minimum absolute atomic E-state index is 0.00797. The van der Waals surface area contributed by atoms with Gasteiger partial charge in [0, 0.05) is 63.6 Å². The van der Waals surface area contributed by atoms with Gasteiger partial charge in [0.15, 0.2) is 0 Å². The van der Waals surface area contributed by atoms with E-state index in [-0.39, 0.29) is 126 Å². The molecule has 4 heterocycles. The molecule has 0 bridgehead atoms. The van der Waals surface area contributed by atoms with E-state index in [1.54, 1.807) is 27.7 Å². The lowest BCUT2D eigenvalue weighted by Crippen LogP contribution is -2.60. The first kappa shape index (κ1) is 103. The molecule has 0 saturated carbocycles. The molecule has 3 aromatic rings. The molecule has 15 atom stereocenters. The molecule has 128 heavy (non-hydrogen) atoms. The van der Waals surface area contributed by atoms with Crippen LogP contribution in [0.4, 0.5) is 0 Å². The second-order valence-electron chi connectivity index (χ2n) is 32.5. The highest BCUT2D eigenvalue weighted by Gasteiger charge is 2.48. The molecule has 3 fully saturated rings. The number of rotatable bonds is 50. The summed E-state index contributed by atoms with van der Waals surface area (Å²) in [7, 11) is 0. The van der Waals surface area contributed by atoms with Gasteiger partial charge in [0.25, 0.3) is 0 Å².